The molecule has 0 radical (unpaired) electrons. The number of likely N-dealkylation sites (tertiary alicyclic amines) is 1. The molecule has 8 heteroatoms. The van der Waals surface area contributed by atoms with E-state index in [0.29, 0.717) is 6.04 Å². The number of aliphatic imine (C=N–C) groups is 1. The van der Waals surface area contributed by atoms with Crippen LogP contribution >= 0.6 is 24.0 Å². The first-order valence-corrected chi connectivity index (χ1v) is 11.9. The van der Waals surface area contributed by atoms with E-state index < -0.39 is 0 Å². The maximum atomic E-state index is 5.53. The van der Waals surface area contributed by atoms with Crippen molar-refractivity contribution in [2.24, 2.45) is 4.99 Å². The van der Waals surface area contributed by atoms with Gasteiger partial charge in [-0.05, 0) is 37.1 Å². The summed E-state index contributed by atoms with van der Waals surface area (Å²) in [4.78, 5) is 12.3. The van der Waals surface area contributed by atoms with E-state index >= 15 is 0 Å². The fourth-order valence-corrected chi connectivity index (χ4v) is 4.50. The number of rotatable bonds is 9. The highest BCUT2D eigenvalue weighted by Gasteiger charge is 2.30. The number of para-hydroxylation sites is 1. The number of anilines is 1. The highest BCUT2D eigenvalue weighted by atomic mass is 127. The quantitative estimate of drug-likeness (QED) is 0.217. The normalized spacial score (nSPS) is 19.4. The second kappa shape index (κ2) is 13.8. The van der Waals surface area contributed by atoms with E-state index in [1.807, 2.05) is 12.1 Å². The number of hydrogen-bond donors (Lipinski definition) is 1. The number of ether oxygens (including phenoxy) is 1. The number of hydrogen-bond acceptors (Lipinski definition) is 5. The first kappa shape index (κ1) is 25.8. The molecule has 0 bridgehead atoms. The summed E-state index contributed by atoms with van der Waals surface area (Å²) in [5.74, 6) is 2.05. The predicted octanol–water partition coefficient (Wildman–Crippen LogP) is 3.32. The zero-order valence-electron chi connectivity index (χ0n) is 19.7. The molecule has 1 aromatic carbocycles. The minimum Gasteiger partial charge on any atom is -0.469 e. The van der Waals surface area contributed by atoms with Gasteiger partial charge in [-0.1, -0.05) is 18.2 Å². The Kier molecular flexibility index (Phi) is 10.8. The van der Waals surface area contributed by atoms with E-state index in [1.165, 1.54) is 12.1 Å². The summed E-state index contributed by atoms with van der Waals surface area (Å²) in [7, 11) is 2.15. The van der Waals surface area contributed by atoms with Gasteiger partial charge in [-0.3, -0.25) is 9.89 Å². The molecule has 4 rings (SSSR count). The number of morpholine rings is 1. The number of nitrogens with one attached hydrogen (secondary N) is 1. The summed E-state index contributed by atoms with van der Waals surface area (Å²) in [6, 6.07) is 15.1. The molecule has 0 amide bonds. The fraction of sp³-hybridized carbons (Fsp3) is 0.560. The third-order valence-electron chi connectivity index (χ3n) is 6.37. The Hall–Kier alpha value is -1.78. The lowest BCUT2D eigenvalue weighted by Crippen LogP contribution is -2.47. The Morgan fingerprint density at radius 3 is 2.70 bits per heavy atom. The number of furan rings is 1. The molecule has 2 aliphatic rings. The van der Waals surface area contributed by atoms with Gasteiger partial charge in [0.25, 0.3) is 0 Å². The van der Waals surface area contributed by atoms with E-state index in [9.17, 15) is 0 Å². The first-order chi connectivity index (χ1) is 15.8. The van der Waals surface area contributed by atoms with Crippen LogP contribution in [0.1, 0.15) is 18.6 Å². The van der Waals surface area contributed by atoms with E-state index in [0.717, 1.165) is 83.6 Å². The Morgan fingerprint density at radius 1 is 1.12 bits per heavy atom. The van der Waals surface area contributed by atoms with Gasteiger partial charge >= 0.3 is 0 Å². The van der Waals surface area contributed by atoms with Crippen LogP contribution in [0, 0.1) is 0 Å². The molecule has 7 nitrogen and oxygen atoms in total. The van der Waals surface area contributed by atoms with E-state index in [-0.39, 0.29) is 24.0 Å². The number of nitrogens with zero attached hydrogens (tertiary/aromatic N) is 4. The maximum absolute atomic E-state index is 5.53. The van der Waals surface area contributed by atoms with Crippen LogP contribution in [0.5, 0.6) is 0 Å². The van der Waals surface area contributed by atoms with Crippen LogP contribution in [-0.2, 0) is 11.2 Å². The van der Waals surface area contributed by atoms with Crippen molar-refractivity contribution in [1.29, 1.82) is 0 Å². The first-order valence-electron chi connectivity index (χ1n) is 11.9. The Bertz CT molecular complexity index is 811. The average molecular weight is 568 g/mol. The van der Waals surface area contributed by atoms with Crippen LogP contribution in [-0.4, -0.2) is 87.9 Å². The van der Waals surface area contributed by atoms with Crippen LogP contribution < -0.4 is 10.2 Å². The molecule has 2 fully saturated rings. The molecule has 1 atom stereocenters. The molecular formula is C25H38IN5O2. The van der Waals surface area contributed by atoms with Gasteiger partial charge in [-0.25, -0.2) is 0 Å². The summed E-state index contributed by atoms with van der Waals surface area (Å²) < 4.78 is 11.0. The van der Waals surface area contributed by atoms with Gasteiger partial charge in [0, 0.05) is 71.0 Å². The molecule has 0 spiro atoms. The molecule has 1 aromatic heterocycles. The summed E-state index contributed by atoms with van der Waals surface area (Å²) in [6.07, 6.45) is 4.82. The van der Waals surface area contributed by atoms with Gasteiger partial charge in [-0.2, -0.15) is 0 Å². The second-order valence-corrected chi connectivity index (χ2v) is 8.61. The number of guanidine groups is 1. The van der Waals surface area contributed by atoms with Crippen LogP contribution in [0.15, 0.2) is 58.1 Å². The monoisotopic (exact) mass is 567 g/mol. The zero-order valence-corrected chi connectivity index (χ0v) is 22.0. The maximum Gasteiger partial charge on any atom is 0.193 e. The van der Waals surface area contributed by atoms with Gasteiger partial charge in [0.2, 0.25) is 0 Å². The molecule has 1 unspecified atom stereocenters. The Morgan fingerprint density at radius 2 is 1.94 bits per heavy atom. The topological polar surface area (TPSA) is 56.5 Å². The molecule has 182 valence electrons. The largest absolute Gasteiger partial charge is 0.469 e. The standard InChI is InChI=1S/C25H37N5O2.HI/c1-28(22-7-3-2-4-8-22)14-6-12-26-25(27-13-10-24-9-5-18-32-24)30-15-11-23(21-30)29-16-19-31-20-17-29;/h2-5,7-9,18,23H,6,10-17,19-21H2,1H3,(H,26,27);1H. The lowest BCUT2D eigenvalue weighted by Gasteiger charge is -2.32. The van der Waals surface area contributed by atoms with E-state index in [4.69, 9.17) is 14.1 Å². The van der Waals surface area contributed by atoms with Crippen molar-refractivity contribution in [2.75, 3.05) is 71.0 Å². The van der Waals surface area contributed by atoms with Gasteiger partial charge in [-0.15, -0.1) is 24.0 Å². The Labute approximate surface area is 215 Å². The van der Waals surface area contributed by atoms with Crippen molar-refractivity contribution in [2.45, 2.75) is 25.3 Å². The minimum atomic E-state index is 0. The van der Waals surface area contributed by atoms with E-state index in [2.05, 4.69) is 57.4 Å². The van der Waals surface area contributed by atoms with Gasteiger partial charge in [0.15, 0.2) is 5.96 Å². The van der Waals surface area contributed by atoms with Gasteiger partial charge < -0.3 is 24.3 Å². The third-order valence-corrected chi connectivity index (χ3v) is 6.37. The molecular weight excluding hydrogens is 529 g/mol. The van der Waals surface area contributed by atoms with Crippen LogP contribution in [0.3, 0.4) is 0 Å². The lowest BCUT2D eigenvalue weighted by molar-refractivity contribution is 0.0195. The number of benzene rings is 1. The van der Waals surface area contributed by atoms with Crippen molar-refractivity contribution < 1.29 is 9.15 Å². The summed E-state index contributed by atoms with van der Waals surface area (Å²) >= 11 is 0. The third kappa shape index (κ3) is 7.89. The summed E-state index contributed by atoms with van der Waals surface area (Å²) in [5, 5.41) is 3.60. The van der Waals surface area contributed by atoms with Crippen LogP contribution in [0.2, 0.25) is 0 Å². The zero-order chi connectivity index (χ0) is 22.0. The van der Waals surface area contributed by atoms with Gasteiger partial charge in [0.1, 0.15) is 5.76 Å². The van der Waals surface area contributed by atoms with E-state index in [1.54, 1.807) is 6.26 Å². The highest BCUT2D eigenvalue weighted by Crippen LogP contribution is 2.17. The SMILES string of the molecule is CN(CCCN=C(NCCc1ccco1)N1CCC(N2CCOCC2)C1)c1ccccc1.I. The van der Waals surface area contributed by atoms with Gasteiger partial charge in [0.05, 0.1) is 19.5 Å². The minimum absolute atomic E-state index is 0. The molecule has 2 saturated heterocycles. The Balaban J connectivity index is 0.00000306. The summed E-state index contributed by atoms with van der Waals surface area (Å²) in [6.45, 7) is 8.53. The predicted molar refractivity (Wildman–Crippen MR) is 145 cm³/mol. The second-order valence-electron chi connectivity index (χ2n) is 8.61. The molecule has 3 heterocycles. The molecule has 2 aliphatic heterocycles. The van der Waals surface area contributed by atoms with Crippen LogP contribution in [0.25, 0.3) is 0 Å². The highest BCUT2D eigenvalue weighted by molar-refractivity contribution is 14.0. The molecule has 1 N–H and O–H groups in total. The number of halogens is 1. The fourth-order valence-electron chi connectivity index (χ4n) is 4.50. The summed E-state index contributed by atoms with van der Waals surface area (Å²) in [5.41, 5.74) is 1.25. The molecule has 0 aliphatic carbocycles. The smallest absolute Gasteiger partial charge is 0.193 e. The average Bonchev–Trinajstić information content (AvgIpc) is 3.54. The van der Waals surface area contributed by atoms with Crippen LogP contribution in [0.4, 0.5) is 5.69 Å². The molecule has 2 aromatic rings. The molecule has 0 saturated carbocycles. The van der Waals surface area contributed by atoms with Crippen molar-refractivity contribution in [1.82, 2.24) is 15.1 Å². The lowest BCUT2D eigenvalue weighted by atomic mass is 10.2. The van der Waals surface area contributed by atoms with Crippen molar-refractivity contribution in [3.05, 3.63) is 54.5 Å². The van der Waals surface area contributed by atoms with Crippen molar-refractivity contribution >= 4 is 35.6 Å². The van der Waals surface area contributed by atoms with Crippen molar-refractivity contribution in [3.8, 4) is 0 Å². The molecule has 33 heavy (non-hydrogen) atoms. The van der Waals surface area contributed by atoms with Crippen molar-refractivity contribution in [3.63, 3.8) is 0 Å².